The second-order valence-corrected chi connectivity index (χ2v) is 9.96. The first-order chi connectivity index (χ1) is 11.4. The van der Waals surface area contributed by atoms with Crippen LogP contribution in [0.4, 0.5) is 0 Å². The molecule has 5 rings (SSSR count). The molecule has 0 amide bonds. The third kappa shape index (κ3) is 1.71. The summed E-state index contributed by atoms with van der Waals surface area (Å²) in [5.41, 5.74) is 2.87. The largest absolute Gasteiger partial charge is 0.508 e. The zero-order chi connectivity index (χ0) is 16.7. The van der Waals surface area contributed by atoms with Gasteiger partial charge in [-0.25, -0.2) is 0 Å². The summed E-state index contributed by atoms with van der Waals surface area (Å²) < 4.78 is 5.97. The minimum atomic E-state index is 0.191. The molecule has 2 nitrogen and oxygen atoms in total. The summed E-state index contributed by atoms with van der Waals surface area (Å²) in [6, 6.07) is 0. The molecule has 5 aliphatic carbocycles. The van der Waals surface area contributed by atoms with Gasteiger partial charge in [-0.1, -0.05) is 13.8 Å². The monoisotopic (exact) mass is 328 g/mol. The highest BCUT2D eigenvalue weighted by molar-refractivity contribution is 5.36. The minimum Gasteiger partial charge on any atom is -0.508 e. The van der Waals surface area contributed by atoms with Crippen molar-refractivity contribution in [1.82, 2.24) is 0 Å². The Bertz CT molecular complexity index is 628. The zero-order valence-electron chi connectivity index (χ0n) is 15.5. The molecule has 1 spiro atoms. The van der Waals surface area contributed by atoms with Crippen LogP contribution in [-0.2, 0) is 4.74 Å². The second kappa shape index (κ2) is 4.69. The molecule has 4 fully saturated rings. The Labute approximate surface area is 146 Å². The first-order valence-corrected chi connectivity index (χ1v) is 10.1. The van der Waals surface area contributed by atoms with Crippen LogP contribution in [0.5, 0.6) is 0 Å². The molecule has 4 saturated carbocycles. The van der Waals surface area contributed by atoms with Crippen LogP contribution in [0.1, 0.15) is 65.2 Å². The quantitative estimate of drug-likeness (QED) is 0.698. The third-order valence-electron chi connectivity index (χ3n) is 9.46. The van der Waals surface area contributed by atoms with Crippen LogP contribution in [0.15, 0.2) is 23.5 Å². The third-order valence-corrected chi connectivity index (χ3v) is 9.46. The maximum absolute atomic E-state index is 10.1. The first kappa shape index (κ1) is 15.5. The van der Waals surface area contributed by atoms with Gasteiger partial charge in [0.1, 0.15) is 5.76 Å². The van der Waals surface area contributed by atoms with E-state index in [-0.39, 0.29) is 11.5 Å². The van der Waals surface area contributed by atoms with Crippen molar-refractivity contribution >= 4 is 0 Å². The highest BCUT2D eigenvalue weighted by Gasteiger charge is 2.68. The average Bonchev–Trinajstić information content (AvgIpc) is 3.29. The van der Waals surface area contributed by atoms with Crippen molar-refractivity contribution in [1.29, 1.82) is 0 Å². The smallest absolute Gasteiger partial charge is 0.111 e. The molecule has 0 aliphatic heterocycles. The molecule has 0 saturated heterocycles. The maximum atomic E-state index is 10.1. The van der Waals surface area contributed by atoms with E-state index in [1.807, 2.05) is 19.3 Å². The predicted molar refractivity (Wildman–Crippen MR) is 95.6 cm³/mol. The molecule has 6 unspecified atom stereocenters. The van der Waals surface area contributed by atoms with Crippen LogP contribution < -0.4 is 0 Å². The van der Waals surface area contributed by atoms with Gasteiger partial charge in [-0.3, -0.25) is 0 Å². The van der Waals surface area contributed by atoms with Gasteiger partial charge in [-0.15, -0.1) is 0 Å². The number of aliphatic hydroxyl groups is 1. The summed E-state index contributed by atoms with van der Waals surface area (Å²) in [5, 5.41) is 10.1. The van der Waals surface area contributed by atoms with Crippen molar-refractivity contribution in [2.45, 2.75) is 71.3 Å². The summed E-state index contributed by atoms with van der Waals surface area (Å²) in [5.74, 6) is 2.92. The van der Waals surface area contributed by atoms with Gasteiger partial charge in [-0.05, 0) is 103 Å². The molecule has 0 bridgehead atoms. The molecule has 0 aromatic carbocycles. The van der Waals surface area contributed by atoms with Crippen molar-refractivity contribution in [3.63, 3.8) is 0 Å². The number of aliphatic hydroxyl groups excluding tert-OH is 1. The Hall–Kier alpha value is -0.760. The van der Waals surface area contributed by atoms with Gasteiger partial charge in [0.05, 0.1) is 6.10 Å². The molecule has 6 atom stereocenters. The standard InChI is InChI=1S/C22H32O2/c1-20-7-4-14(23)12-18(20)19(24-3)13-15-16(20)5-8-21(2)17(15)6-9-22(21)10-11-22/h4,12,15-17,19,23H,5-11,13H2,1-3H3. The lowest BCUT2D eigenvalue weighted by atomic mass is 9.46. The van der Waals surface area contributed by atoms with Crippen LogP contribution in [-0.4, -0.2) is 18.3 Å². The van der Waals surface area contributed by atoms with Crippen molar-refractivity contribution in [3.8, 4) is 0 Å². The van der Waals surface area contributed by atoms with Crippen LogP contribution >= 0.6 is 0 Å². The Kier molecular flexibility index (Phi) is 3.03. The molecule has 0 heterocycles. The zero-order valence-corrected chi connectivity index (χ0v) is 15.5. The highest BCUT2D eigenvalue weighted by Crippen LogP contribution is 2.76. The van der Waals surface area contributed by atoms with Crippen molar-refractivity contribution < 1.29 is 9.84 Å². The van der Waals surface area contributed by atoms with E-state index < -0.39 is 0 Å². The Morgan fingerprint density at radius 1 is 1.08 bits per heavy atom. The van der Waals surface area contributed by atoms with Gasteiger partial charge in [0, 0.05) is 7.11 Å². The SMILES string of the molecule is COC1CC2C(CCC3(C)C2CCC32CC2)C2(C)CC=C(O)C=C12. The minimum absolute atomic E-state index is 0.191. The van der Waals surface area contributed by atoms with E-state index in [1.54, 1.807) is 0 Å². The molecular formula is C22H32O2. The molecule has 0 radical (unpaired) electrons. The number of ether oxygens (including phenoxy) is 1. The van der Waals surface area contributed by atoms with Gasteiger partial charge in [0.15, 0.2) is 0 Å². The van der Waals surface area contributed by atoms with Crippen molar-refractivity contribution in [3.05, 3.63) is 23.5 Å². The second-order valence-electron chi connectivity index (χ2n) is 9.96. The van der Waals surface area contributed by atoms with Gasteiger partial charge >= 0.3 is 0 Å². The number of rotatable bonds is 1. The fourth-order valence-corrected chi connectivity index (χ4v) is 7.85. The fourth-order valence-electron chi connectivity index (χ4n) is 7.85. The van der Waals surface area contributed by atoms with Gasteiger partial charge in [0.25, 0.3) is 0 Å². The molecule has 0 aromatic heterocycles. The highest BCUT2D eigenvalue weighted by atomic mass is 16.5. The molecule has 0 aromatic rings. The Balaban J connectivity index is 1.54. The lowest BCUT2D eigenvalue weighted by Gasteiger charge is -2.59. The fraction of sp³-hybridized carbons (Fsp3) is 0.818. The van der Waals surface area contributed by atoms with Gasteiger partial charge in [-0.2, -0.15) is 0 Å². The molecule has 1 N–H and O–H groups in total. The Morgan fingerprint density at radius 2 is 1.83 bits per heavy atom. The topological polar surface area (TPSA) is 29.5 Å². The summed E-state index contributed by atoms with van der Waals surface area (Å²) in [6.45, 7) is 5.09. The lowest BCUT2D eigenvalue weighted by molar-refractivity contribution is -0.0847. The first-order valence-electron chi connectivity index (χ1n) is 10.1. The maximum Gasteiger partial charge on any atom is 0.111 e. The van der Waals surface area contributed by atoms with Crippen molar-refractivity contribution in [2.24, 2.45) is 34.0 Å². The van der Waals surface area contributed by atoms with Crippen molar-refractivity contribution in [2.75, 3.05) is 7.11 Å². The molecular weight excluding hydrogens is 296 g/mol. The number of fused-ring (bicyclic) bond motifs is 6. The van der Waals surface area contributed by atoms with Gasteiger partial charge < -0.3 is 9.84 Å². The summed E-state index contributed by atoms with van der Waals surface area (Å²) >= 11 is 0. The van der Waals surface area contributed by atoms with Crippen LogP contribution in [0, 0.1) is 34.0 Å². The summed E-state index contributed by atoms with van der Waals surface area (Å²) in [4.78, 5) is 0. The van der Waals surface area contributed by atoms with E-state index >= 15 is 0 Å². The van der Waals surface area contributed by atoms with Crippen LogP contribution in [0.3, 0.4) is 0 Å². The predicted octanol–water partition coefficient (Wildman–Crippen LogP) is 5.41. The van der Waals surface area contributed by atoms with Crippen LogP contribution in [0.25, 0.3) is 0 Å². The Morgan fingerprint density at radius 3 is 2.54 bits per heavy atom. The summed E-state index contributed by atoms with van der Waals surface area (Å²) in [6.07, 6.45) is 15.1. The van der Waals surface area contributed by atoms with E-state index in [2.05, 4.69) is 13.8 Å². The molecule has 2 heteroatoms. The normalized spacial score (nSPS) is 51.3. The van der Waals surface area contributed by atoms with Crippen LogP contribution in [0.2, 0.25) is 0 Å². The van der Waals surface area contributed by atoms with E-state index in [0.717, 1.165) is 24.2 Å². The van der Waals surface area contributed by atoms with E-state index in [0.29, 0.717) is 16.6 Å². The number of allylic oxidation sites excluding steroid dienone is 2. The molecule has 24 heavy (non-hydrogen) atoms. The number of hydrogen-bond donors (Lipinski definition) is 1. The van der Waals surface area contributed by atoms with E-state index in [1.165, 1.54) is 50.5 Å². The number of hydrogen-bond acceptors (Lipinski definition) is 2. The van der Waals surface area contributed by atoms with E-state index in [9.17, 15) is 5.11 Å². The van der Waals surface area contributed by atoms with Gasteiger partial charge in [0.2, 0.25) is 0 Å². The average molecular weight is 328 g/mol. The number of methoxy groups -OCH3 is 1. The summed E-state index contributed by atoms with van der Waals surface area (Å²) in [7, 11) is 1.86. The molecule has 132 valence electrons. The lowest BCUT2D eigenvalue weighted by Crippen LogP contribution is -2.53. The van der Waals surface area contributed by atoms with E-state index in [4.69, 9.17) is 4.74 Å². The molecule has 5 aliphatic rings.